The molecule has 1 N–H and O–H groups in total. The van der Waals surface area contributed by atoms with Gasteiger partial charge in [-0.3, -0.25) is 9.59 Å². The normalized spacial score (nSPS) is 15.5. The summed E-state index contributed by atoms with van der Waals surface area (Å²) < 4.78 is 0. The number of aliphatic carboxylic acids is 1. The number of hydrogen-bond acceptors (Lipinski definition) is 2. The van der Waals surface area contributed by atoms with Gasteiger partial charge in [0, 0.05) is 18.7 Å². The van der Waals surface area contributed by atoms with Gasteiger partial charge < -0.3 is 10.0 Å². The summed E-state index contributed by atoms with van der Waals surface area (Å²) in [4.78, 5) is 24.0. The summed E-state index contributed by atoms with van der Waals surface area (Å²) in [5, 5.41) is 8.80. The lowest BCUT2D eigenvalue weighted by atomic mass is 10.1. The molecular formula is C12H13NO3. The molecule has 0 spiro atoms. The van der Waals surface area contributed by atoms with E-state index in [4.69, 9.17) is 5.11 Å². The van der Waals surface area contributed by atoms with Crippen molar-refractivity contribution in [3.05, 3.63) is 29.8 Å². The van der Waals surface area contributed by atoms with E-state index in [0.717, 1.165) is 12.1 Å². The van der Waals surface area contributed by atoms with Crippen molar-refractivity contribution in [2.75, 3.05) is 11.4 Å². The fourth-order valence-corrected chi connectivity index (χ4v) is 1.99. The van der Waals surface area contributed by atoms with E-state index in [1.54, 1.807) is 17.0 Å². The Morgan fingerprint density at radius 1 is 1.38 bits per heavy atom. The van der Waals surface area contributed by atoms with E-state index in [-0.39, 0.29) is 12.3 Å². The van der Waals surface area contributed by atoms with Crippen molar-refractivity contribution in [2.24, 2.45) is 0 Å². The molecule has 1 aliphatic rings. The van der Waals surface area contributed by atoms with Gasteiger partial charge in [-0.25, -0.2) is 0 Å². The molecule has 0 unspecified atom stereocenters. The third-order valence-corrected chi connectivity index (χ3v) is 2.70. The van der Waals surface area contributed by atoms with Crippen molar-refractivity contribution >= 4 is 17.6 Å². The molecule has 1 saturated heterocycles. The zero-order valence-corrected chi connectivity index (χ0v) is 8.85. The van der Waals surface area contributed by atoms with Crippen LogP contribution in [-0.4, -0.2) is 23.5 Å². The van der Waals surface area contributed by atoms with Crippen molar-refractivity contribution < 1.29 is 14.7 Å². The Bertz CT molecular complexity index is 428. The summed E-state index contributed by atoms with van der Waals surface area (Å²) in [6, 6.07) is 7.19. The SMILES string of the molecule is O=C(O)Cc1ccccc1N1CCCC1=O. The Morgan fingerprint density at radius 3 is 2.75 bits per heavy atom. The molecule has 1 aliphatic heterocycles. The standard InChI is InChI=1S/C12H13NO3/c14-11-6-3-7-13(11)10-5-2-1-4-9(10)8-12(15)16/h1-2,4-5H,3,6-8H2,(H,15,16). The van der Waals surface area contributed by atoms with Crippen LogP contribution in [0, 0.1) is 0 Å². The molecule has 0 aliphatic carbocycles. The molecule has 1 fully saturated rings. The average molecular weight is 219 g/mol. The van der Waals surface area contributed by atoms with Crippen LogP contribution in [-0.2, 0) is 16.0 Å². The highest BCUT2D eigenvalue weighted by atomic mass is 16.4. The number of benzene rings is 1. The number of para-hydroxylation sites is 1. The van der Waals surface area contributed by atoms with Crippen LogP contribution in [0.25, 0.3) is 0 Å². The van der Waals surface area contributed by atoms with Crippen LogP contribution in [0.2, 0.25) is 0 Å². The Kier molecular flexibility index (Phi) is 2.90. The van der Waals surface area contributed by atoms with Gasteiger partial charge in [0.15, 0.2) is 0 Å². The largest absolute Gasteiger partial charge is 0.481 e. The van der Waals surface area contributed by atoms with Crippen LogP contribution in [0.15, 0.2) is 24.3 Å². The van der Waals surface area contributed by atoms with Crippen molar-refractivity contribution in [3.63, 3.8) is 0 Å². The minimum atomic E-state index is -0.876. The fourth-order valence-electron chi connectivity index (χ4n) is 1.99. The van der Waals surface area contributed by atoms with Gasteiger partial charge in [-0.05, 0) is 18.1 Å². The van der Waals surface area contributed by atoms with Gasteiger partial charge in [-0.1, -0.05) is 18.2 Å². The van der Waals surface area contributed by atoms with E-state index in [9.17, 15) is 9.59 Å². The van der Waals surface area contributed by atoms with Gasteiger partial charge in [-0.2, -0.15) is 0 Å². The summed E-state index contributed by atoms with van der Waals surface area (Å²) >= 11 is 0. The van der Waals surface area contributed by atoms with Crippen molar-refractivity contribution in [2.45, 2.75) is 19.3 Å². The molecule has 4 nitrogen and oxygen atoms in total. The molecule has 0 aromatic heterocycles. The minimum absolute atomic E-state index is 0.0417. The summed E-state index contributed by atoms with van der Waals surface area (Å²) in [7, 11) is 0. The smallest absolute Gasteiger partial charge is 0.307 e. The quantitative estimate of drug-likeness (QED) is 0.836. The Hall–Kier alpha value is -1.84. The lowest BCUT2D eigenvalue weighted by Crippen LogP contribution is -2.25. The van der Waals surface area contributed by atoms with E-state index in [1.807, 2.05) is 12.1 Å². The monoisotopic (exact) mass is 219 g/mol. The first-order valence-corrected chi connectivity index (χ1v) is 5.28. The predicted molar refractivity (Wildman–Crippen MR) is 59.4 cm³/mol. The molecule has 4 heteroatoms. The second kappa shape index (κ2) is 4.35. The van der Waals surface area contributed by atoms with Crippen LogP contribution >= 0.6 is 0 Å². The van der Waals surface area contributed by atoms with Gasteiger partial charge in [0.1, 0.15) is 0 Å². The highest BCUT2D eigenvalue weighted by Gasteiger charge is 2.23. The number of nitrogens with zero attached hydrogens (tertiary/aromatic N) is 1. The summed E-state index contributed by atoms with van der Waals surface area (Å²) in [5.41, 5.74) is 1.44. The highest BCUT2D eigenvalue weighted by molar-refractivity contribution is 5.96. The maximum atomic E-state index is 11.6. The van der Waals surface area contributed by atoms with E-state index in [2.05, 4.69) is 0 Å². The molecule has 1 aromatic rings. The van der Waals surface area contributed by atoms with Crippen LogP contribution in [0.5, 0.6) is 0 Å². The lowest BCUT2D eigenvalue weighted by Gasteiger charge is -2.18. The van der Waals surface area contributed by atoms with E-state index >= 15 is 0 Å². The maximum Gasteiger partial charge on any atom is 0.307 e. The second-order valence-electron chi connectivity index (χ2n) is 3.85. The number of carbonyl (C=O) groups excluding carboxylic acids is 1. The number of carboxylic acid groups (broad SMARTS) is 1. The number of hydrogen-bond donors (Lipinski definition) is 1. The number of carbonyl (C=O) groups is 2. The molecule has 0 atom stereocenters. The van der Waals surface area contributed by atoms with Crippen LogP contribution in [0.4, 0.5) is 5.69 Å². The van der Waals surface area contributed by atoms with Gasteiger partial charge in [0.25, 0.3) is 0 Å². The first-order chi connectivity index (χ1) is 7.68. The maximum absolute atomic E-state index is 11.6. The van der Waals surface area contributed by atoms with Crippen molar-refractivity contribution in [3.8, 4) is 0 Å². The molecule has 84 valence electrons. The summed E-state index contributed by atoms with van der Waals surface area (Å²) in [6.07, 6.45) is 1.36. The fraction of sp³-hybridized carbons (Fsp3) is 0.333. The predicted octanol–water partition coefficient (Wildman–Crippen LogP) is 1.44. The molecule has 1 amide bonds. The molecular weight excluding hydrogens is 206 g/mol. The molecule has 0 saturated carbocycles. The Morgan fingerprint density at radius 2 is 2.12 bits per heavy atom. The van der Waals surface area contributed by atoms with Gasteiger partial charge in [0.2, 0.25) is 5.91 Å². The average Bonchev–Trinajstić information content (AvgIpc) is 2.64. The number of anilines is 1. The first kappa shape index (κ1) is 10.7. The molecule has 16 heavy (non-hydrogen) atoms. The Labute approximate surface area is 93.5 Å². The Balaban J connectivity index is 2.32. The molecule has 1 aromatic carbocycles. The molecule has 2 rings (SSSR count). The number of rotatable bonds is 3. The van der Waals surface area contributed by atoms with E-state index in [0.29, 0.717) is 18.5 Å². The van der Waals surface area contributed by atoms with Crippen molar-refractivity contribution in [1.82, 2.24) is 0 Å². The van der Waals surface area contributed by atoms with Gasteiger partial charge >= 0.3 is 5.97 Å². The lowest BCUT2D eigenvalue weighted by molar-refractivity contribution is -0.136. The van der Waals surface area contributed by atoms with Crippen molar-refractivity contribution in [1.29, 1.82) is 0 Å². The zero-order chi connectivity index (χ0) is 11.5. The van der Waals surface area contributed by atoms with E-state index in [1.165, 1.54) is 0 Å². The highest BCUT2D eigenvalue weighted by Crippen LogP contribution is 2.25. The van der Waals surface area contributed by atoms with Gasteiger partial charge in [-0.15, -0.1) is 0 Å². The van der Waals surface area contributed by atoms with Crippen LogP contribution in [0.1, 0.15) is 18.4 Å². The summed E-state index contributed by atoms with van der Waals surface area (Å²) in [5.74, 6) is -0.795. The topological polar surface area (TPSA) is 57.6 Å². The third kappa shape index (κ3) is 2.05. The van der Waals surface area contributed by atoms with Crippen LogP contribution < -0.4 is 4.90 Å². The molecule has 1 heterocycles. The van der Waals surface area contributed by atoms with Gasteiger partial charge in [0.05, 0.1) is 6.42 Å². The third-order valence-electron chi connectivity index (χ3n) is 2.70. The first-order valence-electron chi connectivity index (χ1n) is 5.28. The minimum Gasteiger partial charge on any atom is -0.481 e. The zero-order valence-electron chi connectivity index (χ0n) is 8.85. The summed E-state index contributed by atoms with van der Waals surface area (Å²) in [6.45, 7) is 0.690. The molecule has 0 radical (unpaired) electrons. The number of carboxylic acids is 1. The van der Waals surface area contributed by atoms with Crippen LogP contribution in [0.3, 0.4) is 0 Å². The second-order valence-corrected chi connectivity index (χ2v) is 3.85. The molecule has 0 bridgehead atoms. The number of amides is 1. The van der Waals surface area contributed by atoms with E-state index < -0.39 is 5.97 Å².